The van der Waals surface area contributed by atoms with Gasteiger partial charge >= 0.3 is 12.0 Å². The third-order valence-electron chi connectivity index (χ3n) is 5.95. The van der Waals surface area contributed by atoms with E-state index in [1.807, 2.05) is 0 Å². The lowest BCUT2D eigenvalue weighted by molar-refractivity contribution is -0.137. The number of hydrogen-bond donors (Lipinski definition) is 4. The highest BCUT2D eigenvalue weighted by atomic mass is 35.5. The molecule has 0 aliphatic carbocycles. The van der Waals surface area contributed by atoms with Crippen LogP contribution in [0.2, 0.25) is 5.02 Å². The first-order chi connectivity index (χ1) is 17.6. The number of anilines is 1. The van der Waals surface area contributed by atoms with E-state index >= 15 is 0 Å². The molecule has 4 N–H and O–H groups in total. The van der Waals surface area contributed by atoms with Gasteiger partial charge in [0, 0.05) is 25.1 Å². The van der Waals surface area contributed by atoms with Gasteiger partial charge in [-0.25, -0.2) is 9.59 Å². The van der Waals surface area contributed by atoms with Crippen molar-refractivity contribution in [3.63, 3.8) is 0 Å². The molecule has 2 aliphatic heterocycles. The summed E-state index contributed by atoms with van der Waals surface area (Å²) in [6.45, 7) is 3.44. The lowest BCUT2D eigenvalue weighted by Gasteiger charge is -2.29. The van der Waals surface area contributed by atoms with Gasteiger partial charge in [-0.2, -0.15) is 0 Å². The number of imide groups is 1. The zero-order chi connectivity index (χ0) is 26.7. The minimum Gasteiger partial charge on any atom is -0.485 e. The Morgan fingerprint density at radius 1 is 1.22 bits per heavy atom. The Bertz CT molecular complexity index is 1330. The van der Waals surface area contributed by atoms with Gasteiger partial charge in [0.2, 0.25) is 11.8 Å². The third-order valence-corrected chi connectivity index (χ3v) is 6.25. The Balaban J connectivity index is 1.37. The number of rotatable bonds is 8. The number of aliphatic carboxylic acids is 1. The standard InChI is InChI=1S/C25H23ClN4O7/c1-13(24(34)35)12-37-21-17(26)3-2-4-18(21)28-25(36)27-10-14-5-6-16-15(9-14)11-30(23(16)33)19-7-8-20(31)29-22(19)32/h2-6,9,19H,1,7-8,10-12H2,(H,34,35)(H2,27,28,36)(H,29,31,32). The zero-order valence-electron chi connectivity index (χ0n) is 19.5. The quantitative estimate of drug-likeness (QED) is 0.304. The lowest BCUT2D eigenvalue weighted by atomic mass is 10.0. The van der Waals surface area contributed by atoms with Crippen molar-refractivity contribution >= 4 is 47.0 Å². The molecule has 0 aromatic heterocycles. The molecule has 1 unspecified atom stereocenters. The van der Waals surface area contributed by atoms with E-state index in [1.54, 1.807) is 30.3 Å². The number of ether oxygens (including phenoxy) is 1. The number of halogens is 1. The van der Waals surface area contributed by atoms with Gasteiger partial charge in [0.25, 0.3) is 5.91 Å². The van der Waals surface area contributed by atoms with Gasteiger partial charge in [-0.1, -0.05) is 36.4 Å². The number of carboxylic acid groups (broad SMARTS) is 1. The number of nitrogens with one attached hydrogen (secondary N) is 3. The number of carbonyl (C=O) groups excluding carboxylic acids is 4. The minimum absolute atomic E-state index is 0.103. The van der Waals surface area contributed by atoms with Crippen molar-refractivity contribution in [3.8, 4) is 5.75 Å². The van der Waals surface area contributed by atoms with Crippen molar-refractivity contribution in [2.75, 3.05) is 11.9 Å². The molecule has 2 aromatic rings. The van der Waals surface area contributed by atoms with Gasteiger partial charge in [-0.3, -0.25) is 19.7 Å². The molecule has 2 aliphatic rings. The number of benzene rings is 2. The van der Waals surface area contributed by atoms with E-state index in [-0.39, 0.29) is 66.4 Å². The molecule has 2 aromatic carbocycles. The zero-order valence-corrected chi connectivity index (χ0v) is 20.3. The molecular weight excluding hydrogens is 504 g/mol. The maximum atomic E-state index is 12.8. The van der Waals surface area contributed by atoms with Crippen molar-refractivity contribution in [3.05, 3.63) is 70.3 Å². The van der Waals surface area contributed by atoms with E-state index in [9.17, 15) is 24.0 Å². The van der Waals surface area contributed by atoms with Crippen LogP contribution in [0.1, 0.15) is 34.3 Å². The van der Waals surface area contributed by atoms with Crippen molar-refractivity contribution < 1.29 is 33.8 Å². The van der Waals surface area contributed by atoms with Crippen LogP contribution in [0.5, 0.6) is 5.75 Å². The average Bonchev–Trinajstić information content (AvgIpc) is 3.17. The Morgan fingerprint density at radius 2 is 2.00 bits per heavy atom. The van der Waals surface area contributed by atoms with Crippen LogP contribution in [0.25, 0.3) is 0 Å². The highest BCUT2D eigenvalue weighted by molar-refractivity contribution is 6.32. The number of hydrogen-bond acceptors (Lipinski definition) is 6. The first kappa shape index (κ1) is 25.7. The van der Waals surface area contributed by atoms with Gasteiger partial charge in [0.15, 0.2) is 5.75 Å². The Kier molecular flexibility index (Phi) is 7.44. The molecule has 1 saturated heterocycles. The number of nitrogens with zero attached hydrogens (tertiary/aromatic N) is 1. The van der Waals surface area contributed by atoms with E-state index in [4.69, 9.17) is 21.4 Å². The van der Waals surface area contributed by atoms with E-state index in [0.717, 1.165) is 11.1 Å². The van der Waals surface area contributed by atoms with Gasteiger partial charge in [0.05, 0.1) is 16.3 Å². The van der Waals surface area contributed by atoms with Crippen molar-refractivity contribution in [1.82, 2.24) is 15.5 Å². The second kappa shape index (κ2) is 10.7. The maximum Gasteiger partial charge on any atom is 0.334 e. The number of para-hydroxylation sites is 1. The molecule has 2 heterocycles. The number of amides is 5. The normalized spacial score (nSPS) is 16.6. The smallest absolute Gasteiger partial charge is 0.334 e. The van der Waals surface area contributed by atoms with Gasteiger partial charge in [0.1, 0.15) is 12.6 Å². The van der Waals surface area contributed by atoms with E-state index < -0.39 is 23.9 Å². The fourth-order valence-corrected chi connectivity index (χ4v) is 4.29. The highest BCUT2D eigenvalue weighted by Gasteiger charge is 2.39. The molecule has 0 spiro atoms. The topological polar surface area (TPSA) is 154 Å². The average molecular weight is 527 g/mol. The lowest BCUT2D eigenvalue weighted by Crippen LogP contribution is -2.52. The largest absolute Gasteiger partial charge is 0.485 e. The summed E-state index contributed by atoms with van der Waals surface area (Å²) in [5.41, 5.74) is 1.98. The monoisotopic (exact) mass is 526 g/mol. The second-order valence-electron chi connectivity index (χ2n) is 8.51. The van der Waals surface area contributed by atoms with Gasteiger partial charge in [-0.15, -0.1) is 0 Å². The van der Waals surface area contributed by atoms with Crippen LogP contribution >= 0.6 is 11.6 Å². The minimum atomic E-state index is -1.21. The molecule has 1 atom stereocenters. The van der Waals surface area contributed by atoms with Crippen molar-refractivity contribution in [1.29, 1.82) is 0 Å². The molecule has 192 valence electrons. The molecule has 11 nitrogen and oxygen atoms in total. The third kappa shape index (κ3) is 5.72. The summed E-state index contributed by atoms with van der Waals surface area (Å²) in [6, 6.07) is 8.56. The highest BCUT2D eigenvalue weighted by Crippen LogP contribution is 2.33. The van der Waals surface area contributed by atoms with Crippen molar-refractivity contribution in [2.24, 2.45) is 0 Å². The van der Waals surface area contributed by atoms with E-state index in [1.165, 1.54) is 11.0 Å². The maximum absolute atomic E-state index is 12.8. The molecule has 0 radical (unpaired) electrons. The first-order valence-corrected chi connectivity index (χ1v) is 11.7. The summed E-state index contributed by atoms with van der Waals surface area (Å²) < 4.78 is 5.45. The number of piperidine rings is 1. The molecule has 0 bridgehead atoms. The molecule has 4 rings (SSSR count). The van der Waals surface area contributed by atoms with Crippen LogP contribution in [0.4, 0.5) is 10.5 Å². The van der Waals surface area contributed by atoms with Crippen LogP contribution in [-0.2, 0) is 27.5 Å². The summed E-state index contributed by atoms with van der Waals surface area (Å²) in [5, 5.41) is 16.7. The second-order valence-corrected chi connectivity index (χ2v) is 8.92. The molecule has 1 fully saturated rings. The van der Waals surface area contributed by atoms with Crippen molar-refractivity contribution in [2.45, 2.75) is 32.0 Å². The molecular formula is C25H23ClN4O7. The molecule has 37 heavy (non-hydrogen) atoms. The van der Waals surface area contributed by atoms with Crippen LogP contribution in [0.3, 0.4) is 0 Å². The summed E-state index contributed by atoms with van der Waals surface area (Å²) in [6.07, 6.45) is 0.451. The first-order valence-electron chi connectivity index (χ1n) is 11.3. The predicted octanol–water partition coefficient (Wildman–Crippen LogP) is 2.44. The Labute approximate surface area is 216 Å². The summed E-state index contributed by atoms with van der Waals surface area (Å²) in [5.74, 6) is -2.21. The molecule has 5 amide bonds. The number of urea groups is 1. The van der Waals surface area contributed by atoms with Crippen LogP contribution in [-0.4, -0.2) is 52.4 Å². The summed E-state index contributed by atoms with van der Waals surface area (Å²) >= 11 is 6.15. The van der Waals surface area contributed by atoms with Crippen LogP contribution < -0.4 is 20.7 Å². The number of carboxylic acids is 1. The Hall–Kier alpha value is -4.38. The van der Waals surface area contributed by atoms with E-state index in [2.05, 4.69) is 22.5 Å². The van der Waals surface area contributed by atoms with Crippen LogP contribution in [0.15, 0.2) is 48.6 Å². The van der Waals surface area contributed by atoms with Crippen LogP contribution in [0, 0.1) is 0 Å². The predicted molar refractivity (Wildman–Crippen MR) is 132 cm³/mol. The fraction of sp³-hybridized carbons (Fsp3) is 0.240. The van der Waals surface area contributed by atoms with E-state index in [0.29, 0.717) is 5.56 Å². The van der Waals surface area contributed by atoms with Gasteiger partial charge in [-0.05, 0) is 35.7 Å². The SMILES string of the molecule is C=C(COc1c(Cl)cccc1NC(=O)NCc1ccc2c(c1)CN(C1CCC(=O)NC1=O)C2=O)C(=O)O. The molecule has 0 saturated carbocycles. The fourth-order valence-electron chi connectivity index (χ4n) is 4.06. The Morgan fingerprint density at radius 3 is 2.73 bits per heavy atom. The summed E-state index contributed by atoms with van der Waals surface area (Å²) in [7, 11) is 0. The summed E-state index contributed by atoms with van der Waals surface area (Å²) in [4.78, 5) is 61.4. The number of fused-ring (bicyclic) bond motifs is 1. The number of carbonyl (C=O) groups is 5. The molecule has 12 heteroatoms. The van der Waals surface area contributed by atoms with Gasteiger partial charge < -0.3 is 25.4 Å².